The summed E-state index contributed by atoms with van der Waals surface area (Å²) in [5, 5.41) is 36.5. The fraction of sp³-hybridized carbons (Fsp3) is 0.400. The highest BCUT2D eigenvalue weighted by atomic mass is 16.3. The summed E-state index contributed by atoms with van der Waals surface area (Å²) in [6, 6.07) is 0. The first-order valence-electron chi connectivity index (χ1n) is 8.47. The summed E-state index contributed by atoms with van der Waals surface area (Å²) in [7, 11) is 3.75. The number of aromatic hydroxyl groups is 1. The van der Waals surface area contributed by atoms with Crippen LogP contribution in [0.1, 0.15) is 0 Å². The molecule has 15 heteroatoms. The van der Waals surface area contributed by atoms with E-state index >= 15 is 0 Å². The molecule has 0 saturated carbocycles. The lowest BCUT2D eigenvalue weighted by atomic mass is 10.3. The predicted octanol–water partition coefficient (Wildman–Crippen LogP) is -2.71. The second-order valence-electron chi connectivity index (χ2n) is 6.43. The number of nitrogens with zero attached hydrogens (tertiary/aromatic N) is 7. The fourth-order valence-electron chi connectivity index (χ4n) is 2.74. The van der Waals surface area contributed by atoms with E-state index in [-0.39, 0.29) is 23.7 Å². The second kappa shape index (κ2) is 7.53. The molecule has 3 rings (SSSR count). The molecular weight excluding hydrogens is 404 g/mol. The Bertz CT molecular complexity index is 1400. The maximum Gasteiger partial charge on any atom is 0.333 e. The zero-order chi connectivity index (χ0) is 22.3. The van der Waals surface area contributed by atoms with Crippen LogP contribution in [-0.2, 0) is 27.7 Å². The third-order valence-electron chi connectivity index (χ3n) is 4.44. The molecule has 0 amide bonds. The summed E-state index contributed by atoms with van der Waals surface area (Å²) in [6.45, 7) is -0.970. The van der Waals surface area contributed by atoms with Gasteiger partial charge in [0.15, 0.2) is 11.2 Å². The first-order chi connectivity index (χ1) is 14.1. The molecule has 0 aliphatic carbocycles. The van der Waals surface area contributed by atoms with E-state index in [9.17, 15) is 29.4 Å². The molecule has 160 valence electrons. The monoisotopic (exact) mass is 422 g/mol. The van der Waals surface area contributed by atoms with Crippen molar-refractivity contribution in [2.75, 3.05) is 6.61 Å². The molecule has 0 fully saturated rings. The topological polar surface area (TPSA) is 202 Å². The van der Waals surface area contributed by atoms with Crippen molar-refractivity contribution in [2.45, 2.75) is 12.6 Å². The van der Waals surface area contributed by atoms with E-state index in [0.29, 0.717) is 4.57 Å². The summed E-state index contributed by atoms with van der Waals surface area (Å²) >= 11 is 0. The van der Waals surface area contributed by atoms with Crippen molar-refractivity contribution in [3.63, 3.8) is 0 Å². The Morgan fingerprint density at radius 2 is 1.73 bits per heavy atom. The van der Waals surface area contributed by atoms with E-state index in [1.54, 1.807) is 0 Å². The lowest BCUT2D eigenvalue weighted by Crippen LogP contribution is -2.36. The van der Waals surface area contributed by atoms with Crippen molar-refractivity contribution in [3.05, 3.63) is 41.7 Å². The SMILES string of the molecule is Cn1c(O)c(N=Nc2nc3c(c(=O)[nH]c(=O)n3C)n2CC(O)CO)c(=O)n(C)c1=O. The van der Waals surface area contributed by atoms with Crippen molar-refractivity contribution >= 4 is 22.8 Å². The standard InChI is InChI=1S/C15H18N8O7/c1-20-9-8(10(26)17-14(20)29)23(4-6(25)5-24)13(16-9)19-18-7-11(27)21(2)15(30)22(3)12(7)28/h6,24-25,27H,4-5H2,1-3H3,(H,17,26,29). The number of aliphatic hydroxyl groups excluding tert-OH is 2. The summed E-state index contributed by atoms with van der Waals surface area (Å²) < 4.78 is 3.62. The molecule has 0 aromatic carbocycles. The number of aromatic nitrogens is 6. The number of imidazole rings is 1. The lowest BCUT2D eigenvalue weighted by Gasteiger charge is -2.10. The van der Waals surface area contributed by atoms with E-state index in [4.69, 9.17) is 5.11 Å². The molecule has 1 unspecified atom stereocenters. The minimum absolute atomic E-state index is 0.0829. The van der Waals surface area contributed by atoms with Crippen LogP contribution in [0, 0.1) is 0 Å². The van der Waals surface area contributed by atoms with Gasteiger partial charge in [-0.25, -0.2) is 9.59 Å². The number of rotatable bonds is 5. The maximum atomic E-state index is 12.3. The largest absolute Gasteiger partial charge is 0.493 e. The van der Waals surface area contributed by atoms with Gasteiger partial charge in [0, 0.05) is 21.1 Å². The van der Waals surface area contributed by atoms with Gasteiger partial charge < -0.3 is 15.3 Å². The van der Waals surface area contributed by atoms with E-state index in [2.05, 4.69) is 20.2 Å². The molecular formula is C15H18N8O7. The number of H-pyrrole nitrogens is 1. The van der Waals surface area contributed by atoms with Crippen LogP contribution in [0.25, 0.3) is 11.2 Å². The summed E-state index contributed by atoms with van der Waals surface area (Å²) in [5.74, 6) is -1.03. The number of aliphatic hydroxyl groups is 2. The molecule has 0 spiro atoms. The molecule has 0 radical (unpaired) electrons. The van der Waals surface area contributed by atoms with Crippen LogP contribution in [0.3, 0.4) is 0 Å². The zero-order valence-electron chi connectivity index (χ0n) is 16.1. The quantitative estimate of drug-likeness (QED) is 0.318. The van der Waals surface area contributed by atoms with E-state index in [1.165, 1.54) is 21.1 Å². The third kappa shape index (κ3) is 3.25. The fourth-order valence-corrected chi connectivity index (χ4v) is 2.74. The zero-order valence-corrected chi connectivity index (χ0v) is 16.1. The summed E-state index contributed by atoms with van der Waals surface area (Å²) in [4.78, 5) is 54.3. The highest BCUT2D eigenvalue weighted by molar-refractivity contribution is 5.73. The molecule has 4 N–H and O–H groups in total. The number of aryl methyl sites for hydroxylation is 1. The number of hydrogen-bond acceptors (Lipinski definition) is 10. The van der Waals surface area contributed by atoms with Crippen molar-refractivity contribution in [2.24, 2.45) is 31.4 Å². The lowest BCUT2D eigenvalue weighted by molar-refractivity contribution is 0.0824. The van der Waals surface area contributed by atoms with Gasteiger partial charge >= 0.3 is 11.4 Å². The smallest absolute Gasteiger partial charge is 0.333 e. The van der Waals surface area contributed by atoms with Crippen LogP contribution in [-0.4, -0.2) is 56.3 Å². The van der Waals surface area contributed by atoms with Gasteiger partial charge in [-0.2, -0.15) is 4.98 Å². The van der Waals surface area contributed by atoms with E-state index in [0.717, 1.165) is 13.7 Å². The summed E-state index contributed by atoms with van der Waals surface area (Å²) in [6.07, 6.45) is -1.30. The number of aromatic amines is 1. The van der Waals surface area contributed by atoms with Gasteiger partial charge in [0.05, 0.1) is 19.3 Å². The highest BCUT2D eigenvalue weighted by Crippen LogP contribution is 2.24. The van der Waals surface area contributed by atoms with E-state index in [1.807, 2.05) is 0 Å². The average Bonchev–Trinajstić information content (AvgIpc) is 3.07. The highest BCUT2D eigenvalue weighted by Gasteiger charge is 2.20. The van der Waals surface area contributed by atoms with Gasteiger partial charge in [-0.3, -0.25) is 32.8 Å². The average molecular weight is 422 g/mol. The Balaban J connectivity index is 2.28. The first kappa shape index (κ1) is 20.9. The molecule has 0 aliphatic rings. The Kier molecular flexibility index (Phi) is 5.24. The van der Waals surface area contributed by atoms with Crippen LogP contribution in [0.5, 0.6) is 5.88 Å². The second-order valence-corrected chi connectivity index (χ2v) is 6.43. The molecule has 0 saturated heterocycles. The third-order valence-corrected chi connectivity index (χ3v) is 4.44. The van der Waals surface area contributed by atoms with Crippen molar-refractivity contribution in [1.29, 1.82) is 0 Å². The van der Waals surface area contributed by atoms with Gasteiger partial charge in [-0.15, -0.1) is 10.2 Å². The van der Waals surface area contributed by atoms with Crippen molar-refractivity contribution in [1.82, 2.24) is 28.2 Å². The molecule has 15 nitrogen and oxygen atoms in total. The molecule has 3 aromatic rings. The number of azo groups is 1. The number of nitrogens with one attached hydrogen (secondary N) is 1. The van der Waals surface area contributed by atoms with E-state index < -0.39 is 46.8 Å². The minimum atomic E-state index is -1.30. The van der Waals surface area contributed by atoms with Crippen LogP contribution in [0.2, 0.25) is 0 Å². The van der Waals surface area contributed by atoms with Crippen molar-refractivity contribution in [3.8, 4) is 5.88 Å². The van der Waals surface area contributed by atoms with Crippen LogP contribution in [0.4, 0.5) is 11.6 Å². The molecule has 30 heavy (non-hydrogen) atoms. The maximum absolute atomic E-state index is 12.3. The molecule has 0 aliphatic heterocycles. The minimum Gasteiger partial charge on any atom is -0.493 e. The Labute approximate surface area is 165 Å². The van der Waals surface area contributed by atoms with Gasteiger partial charge in [0.2, 0.25) is 11.6 Å². The molecule has 3 heterocycles. The molecule has 3 aromatic heterocycles. The molecule has 0 bridgehead atoms. The van der Waals surface area contributed by atoms with Crippen molar-refractivity contribution < 1.29 is 15.3 Å². The number of hydrogen-bond donors (Lipinski definition) is 4. The Hall–Kier alpha value is -3.85. The Morgan fingerprint density at radius 3 is 2.37 bits per heavy atom. The van der Waals surface area contributed by atoms with Gasteiger partial charge in [-0.1, -0.05) is 0 Å². The van der Waals surface area contributed by atoms with Crippen LogP contribution in [0.15, 0.2) is 29.4 Å². The van der Waals surface area contributed by atoms with Gasteiger partial charge in [0.1, 0.15) is 0 Å². The van der Waals surface area contributed by atoms with Gasteiger partial charge in [-0.05, 0) is 0 Å². The van der Waals surface area contributed by atoms with Gasteiger partial charge in [0.25, 0.3) is 17.1 Å². The van der Waals surface area contributed by atoms with Crippen LogP contribution >= 0.6 is 0 Å². The first-order valence-corrected chi connectivity index (χ1v) is 8.47. The Morgan fingerprint density at radius 1 is 1.07 bits per heavy atom. The van der Waals surface area contributed by atoms with Crippen LogP contribution < -0.4 is 22.5 Å². The summed E-state index contributed by atoms with van der Waals surface area (Å²) in [5.41, 5.74) is -4.04. The number of fused-ring (bicyclic) bond motifs is 1. The molecule has 1 atom stereocenters. The normalized spacial score (nSPS) is 12.8. The predicted molar refractivity (Wildman–Crippen MR) is 101 cm³/mol.